The Balaban J connectivity index is 1.61. The average Bonchev–Trinajstić information content (AvgIpc) is 3.16. The lowest BCUT2D eigenvalue weighted by Crippen LogP contribution is -2.48. The second-order valence-electron chi connectivity index (χ2n) is 6.43. The number of morpholine rings is 1. The number of ketones is 1. The van der Waals surface area contributed by atoms with Gasteiger partial charge in [0.2, 0.25) is 5.95 Å². The molecule has 2 aliphatic heterocycles. The Morgan fingerprint density at radius 1 is 1.39 bits per heavy atom. The second-order valence-corrected chi connectivity index (χ2v) is 8.47. The lowest BCUT2D eigenvalue weighted by Gasteiger charge is -2.33. The minimum atomic E-state index is -0.617. The topological polar surface area (TPSA) is 90.2 Å². The van der Waals surface area contributed by atoms with Gasteiger partial charge in [0.15, 0.2) is 5.78 Å². The molecular formula is C18H18ClN5O3S. The van der Waals surface area contributed by atoms with Crippen LogP contribution in [0.1, 0.15) is 6.42 Å². The zero-order valence-corrected chi connectivity index (χ0v) is 16.7. The van der Waals surface area contributed by atoms with E-state index in [-0.39, 0.29) is 16.1 Å². The van der Waals surface area contributed by atoms with Gasteiger partial charge in [0, 0.05) is 25.9 Å². The average molecular weight is 420 g/mol. The van der Waals surface area contributed by atoms with Crippen LogP contribution < -0.4 is 10.5 Å². The quantitative estimate of drug-likeness (QED) is 0.690. The number of ether oxygens (including phenoxy) is 1. The van der Waals surface area contributed by atoms with Gasteiger partial charge in [-0.25, -0.2) is 15.0 Å². The number of carbonyl (C=O) groups is 1. The maximum absolute atomic E-state index is 12.8. The summed E-state index contributed by atoms with van der Waals surface area (Å²) in [4.78, 5) is 40.4. The number of rotatable bonds is 4. The van der Waals surface area contributed by atoms with Gasteiger partial charge in [0.1, 0.15) is 12.4 Å². The van der Waals surface area contributed by atoms with E-state index >= 15 is 0 Å². The van der Waals surface area contributed by atoms with Gasteiger partial charge < -0.3 is 9.64 Å². The number of alkyl halides is 1. The van der Waals surface area contributed by atoms with Crippen LogP contribution in [-0.4, -0.2) is 55.8 Å². The van der Waals surface area contributed by atoms with Crippen molar-refractivity contribution in [2.45, 2.75) is 17.2 Å². The number of aromatic nitrogens is 4. The van der Waals surface area contributed by atoms with E-state index in [9.17, 15) is 9.59 Å². The van der Waals surface area contributed by atoms with Crippen molar-refractivity contribution < 1.29 is 9.53 Å². The van der Waals surface area contributed by atoms with E-state index in [1.165, 1.54) is 28.7 Å². The summed E-state index contributed by atoms with van der Waals surface area (Å²) in [5, 5.41) is 0. The lowest BCUT2D eigenvalue weighted by molar-refractivity contribution is -0.126. The summed E-state index contributed by atoms with van der Waals surface area (Å²) >= 11 is 7.44. The van der Waals surface area contributed by atoms with Crippen LogP contribution >= 0.6 is 23.4 Å². The molecule has 4 heterocycles. The van der Waals surface area contributed by atoms with Crippen molar-refractivity contribution >= 4 is 35.1 Å². The fourth-order valence-corrected chi connectivity index (χ4v) is 4.41. The third-order valence-electron chi connectivity index (χ3n) is 4.58. The molecule has 0 aliphatic carbocycles. The van der Waals surface area contributed by atoms with Gasteiger partial charge in [0.25, 0.3) is 5.56 Å². The Morgan fingerprint density at radius 3 is 2.96 bits per heavy atom. The molecule has 2 aromatic rings. The van der Waals surface area contributed by atoms with Gasteiger partial charge in [-0.3, -0.25) is 14.2 Å². The summed E-state index contributed by atoms with van der Waals surface area (Å²) in [6.07, 6.45) is 4.92. The van der Waals surface area contributed by atoms with Gasteiger partial charge in [-0.2, -0.15) is 0 Å². The molecule has 0 amide bonds. The third kappa shape index (κ3) is 3.82. The molecular weight excluding hydrogens is 402 g/mol. The van der Waals surface area contributed by atoms with E-state index in [2.05, 4.69) is 15.0 Å². The summed E-state index contributed by atoms with van der Waals surface area (Å²) in [5.74, 6) is 0.403. The SMILES string of the molecule is Cn1c(N2CCOC(C(=O)C3=CCC(Cl)S3)C2)nc(-c2ccncn2)cc1=O. The minimum absolute atomic E-state index is 0.0743. The molecule has 0 saturated carbocycles. The zero-order valence-electron chi connectivity index (χ0n) is 15.1. The smallest absolute Gasteiger partial charge is 0.255 e. The molecule has 2 aromatic heterocycles. The van der Waals surface area contributed by atoms with Crippen LogP contribution in [0.3, 0.4) is 0 Å². The zero-order chi connectivity index (χ0) is 19.7. The highest BCUT2D eigenvalue weighted by atomic mass is 35.5. The van der Waals surface area contributed by atoms with Crippen LogP contribution in [-0.2, 0) is 16.6 Å². The molecule has 0 aromatic carbocycles. The fourth-order valence-electron chi connectivity index (χ4n) is 3.12. The summed E-state index contributed by atoms with van der Waals surface area (Å²) in [5.41, 5.74) is 0.830. The fraction of sp³-hybridized carbons (Fsp3) is 0.389. The van der Waals surface area contributed by atoms with E-state index in [1.54, 1.807) is 19.3 Å². The summed E-state index contributed by atoms with van der Waals surface area (Å²) in [6, 6.07) is 3.14. The molecule has 2 unspecified atom stereocenters. The highest BCUT2D eigenvalue weighted by molar-refractivity contribution is 8.05. The Labute approximate surface area is 170 Å². The molecule has 4 rings (SSSR count). The van der Waals surface area contributed by atoms with Crippen LogP contribution in [0.15, 0.2) is 40.4 Å². The molecule has 146 valence electrons. The Kier molecular flexibility index (Phi) is 5.47. The number of allylic oxidation sites excluding steroid dienone is 1. The summed E-state index contributed by atoms with van der Waals surface area (Å²) in [7, 11) is 1.66. The first-order valence-electron chi connectivity index (χ1n) is 8.79. The summed E-state index contributed by atoms with van der Waals surface area (Å²) in [6.45, 7) is 1.21. The summed E-state index contributed by atoms with van der Waals surface area (Å²) < 4.78 is 7.06. The number of halogens is 1. The van der Waals surface area contributed by atoms with E-state index in [0.717, 1.165) is 0 Å². The van der Waals surface area contributed by atoms with Gasteiger partial charge in [0.05, 0.1) is 34.2 Å². The van der Waals surface area contributed by atoms with E-state index in [4.69, 9.17) is 16.3 Å². The lowest BCUT2D eigenvalue weighted by atomic mass is 10.1. The number of hydrogen-bond donors (Lipinski definition) is 0. The Hall–Kier alpha value is -2.23. The molecule has 10 heteroatoms. The van der Waals surface area contributed by atoms with Crippen molar-refractivity contribution in [3.05, 3.63) is 46.0 Å². The van der Waals surface area contributed by atoms with Crippen LogP contribution in [0.2, 0.25) is 0 Å². The molecule has 0 spiro atoms. The van der Waals surface area contributed by atoms with Gasteiger partial charge in [-0.05, 0) is 12.5 Å². The number of carbonyl (C=O) groups excluding carboxylic acids is 1. The molecule has 8 nitrogen and oxygen atoms in total. The molecule has 28 heavy (non-hydrogen) atoms. The number of Topliss-reactive ketones (excluding diaryl/α,β-unsaturated/α-hetero) is 1. The maximum Gasteiger partial charge on any atom is 0.255 e. The largest absolute Gasteiger partial charge is 0.366 e. The van der Waals surface area contributed by atoms with Crippen LogP contribution in [0.25, 0.3) is 11.4 Å². The second kappa shape index (κ2) is 8.02. The van der Waals surface area contributed by atoms with Gasteiger partial charge in [-0.1, -0.05) is 6.08 Å². The van der Waals surface area contributed by atoms with Crippen molar-refractivity contribution in [1.29, 1.82) is 0 Å². The molecule has 0 radical (unpaired) electrons. The third-order valence-corrected chi connectivity index (χ3v) is 6.10. The van der Waals surface area contributed by atoms with Crippen LogP contribution in [0, 0.1) is 0 Å². The van der Waals surface area contributed by atoms with E-state index < -0.39 is 6.10 Å². The highest BCUT2D eigenvalue weighted by Gasteiger charge is 2.33. The predicted molar refractivity (Wildman–Crippen MR) is 107 cm³/mol. The molecule has 2 aliphatic rings. The number of thioether (sulfide) groups is 1. The highest BCUT2D eigenvalue weighted by Crippen LogP contribution is 2.36. The monoisotopic (exact) mass is 419 g/mol. The molecule has 1 saturated heterocycles. The first-order valence-corrected chi connectivity index (χ1v) is 10.1. The first kappa shape index (κ1) is 19.1. The van der Waals surface area contributed by atoms with Crippen molar-refractivity contribution in [3.63, 3.8) is 0 Å². The van der Waals surface area contributed by atoms with Crippen LogP contribution in [0.5, 0.6) is 0 Å². The van der Waals surface area contributed by atoms with Crippen molar-refractivity contribution in [2.24, 2.45) is 7.05 Å². The number of hydrogen-bond acceptors (Lipinski definition) is 8. The predicted octanol–water partition coefficient (Wildman–Crippen LogP) is 1.60. The molecule has 2 atom stereocenters. The van der Waals surface area contributed by atoms with Crippen molar-refractivity contribution in [1.82, 2.24) is 19.5 Å². The first-order chi connectivity index (χ1) is 13.5. The molecule has 1 fully saturated rings. The van der Waals surface area contributed by atoms with Crippen molar-refractivity contribution in [3.8, 4) is 11.4 Å². The van der Waals surface area contributed by atoms with Gasteiger partial charge >= 0.3 is 0 Å². The standard InChI is InChI=1S/C18H18ClN5O3S/c1-23-16(25)8-12(11-4-5-20-10-21-11)22-18(23)24-6-7-27-13(9-24)17(26)14-2-3-15(19)28-14/h2,4-5,8,10,13,15H,3,6-7,9H2,1H3. The van der Waals surface area contributed by atoms with Crippen LogP contribution in [0.4, 0.5) is 5.95 Å². The van der Waals surface area contributed by atoms with Crippen molar-refractivity contribution in [2.75, 3.05) is 24.6 Å². The normalized spacial score (nSPS) is 22.2. The maximum atomic E-state index is 12.8. The van der Waals surface area contributed by atoms with E-state index in [1.807, 2.05) is 11.0 Å². The van der Waals surface area contributed by atoms with E-state index in [0.29, 0.717) is 48.4 Å². The Morgan fingerprint density at radius 2 is 2.25 bits per heavy atom. The molecule has 0 N–H and O–H groups in total. The molecule has 0 bridgehead atoms. The number of nitrogens with zero attached hydrogens (tertiary/aromatic N) is 5. The van der Waals surface area contributed by atoms with Gasteiger partial charge in [-0.15, -0.1) is 23.4 Å². The Bertz CT molecular complexity index is 981. The minimum Gasteiger partial charge on any atom is -0.366 e. The number of anilines is 1.